The van der Waals surface area contributed by atoms with Crippen LogP contribution in [-0.2, 0) is 4.74 Å². The maximum absolute atomic E-state index is 12.6. The highest BCUT2D eigenvalue weighted by atomic mass is 19.4. The molecule has 7 heteroatoms. The van der Waals surface area contributed by atoms with Gasteiger partial charge in [-0.2, -0.15) is 13.2 Å². The summed E-state index contributed by atoms with van der Waals surface area (Å²) >= 11 is 0. The quantitative estimate of drug-likeness (QED) is 0.812. The Morgan fingerprint density at radius 3 is 2.50 bits per heavy atom. The number of nitrogens with one attached hydrogen (secondary N) is 1. The highest BCUT2D eigenvalue weighted by Crippen LogP contribution is 2.30. The minimum absolute atomic E-state index is 0.0356. The SMILES string of the molecule is OC[C@@H](CCN1CCC2(CC1)CNCCO2)C(F)(F)F. The molecular formula is C13H23F3N2O2. The second-order valence-electron chi connectivity index (χ2n) is 5.76. The first-order valence-electron chi connectivity index (χ1n) is 7.20. The summed E-state index contributed by atoms with van der Waals surface area (Å²) in [6.07, 6.45) is -2.63. The van der Waals surface area contributed by atoms with Crippen molar-refractivity contribution < 1.29 is 23.0 Å². The predicted octanol–water partition coefficient (Wildman–Crippen LogP) is 1.00. The van der Waals surface area contributed by atoms with Gasteiger partial charge in [0.1, 0.15) is 0 Å². The van der Waals surface area contributed by atoms with Crippen molar-refractivity contribution in [3.05, 3.63) is 0 Å². The topological polar surface area (TPSA) is 44.7 Å². The van der Waals surface area contributed by atoms with E-state index in [4.69, 9.17) is 9.84 Å². The summed E-state index contributed by atoms with van der Waals surface area (Å²) in [6.45, 7) is 3.50. The summed E-state index contributed by atoms with van der Waals surface area (Å²) in [7, 11) is 0. The molecule has 2 aliphatic heterocycles. The molecule has 0 bridgehead atoms. The van der Waals surface area contributed by atoms with Crippen LogP contribution in [0.15, 0.2) is 0 Å². The van der Waals surface area contributed by atoms with Crippen molar-refractivity contribution in [3.8, 4) is 0 Å². The third-order valence-corrected chi connectivity index (χ3v) is 4.38. The molecule has 2 heterocycles. The molecule has 2 fully saturated rings. The van der Waals surface area contributed by atoms with Gasteiger partial charge in [-0.3, -0.25) is 0 Å². The summed E-state index contributed by atoms with van der Waals surface area (Å²) < 4.78 is 43.5. The number of piperidine rings is 1. The third-order valence-electron chi connectivity index (χ3n) is 4.38. The first-order valence-corrected chi connectivity index (χ1v) is 7.20. The number of hydrogen-bond donors (Lipinski definition) is 2. The Morgan fingerprint density at radius 2 is 2.00 bits per heavy atom. The summed E-state index contributed by atoms with van der Waals surface area (Å²) in [5, 5.41) is 12.1. The highest BCUT2D eigenvalue weighted by molar-refractivity contribution is 4.91. The van der Waals surface area contributed by atoms with E-state index in [-0.39, 0.29) is 12.0 Å². The zero-order chi connectivity index (χ0) is 14.6. The Morgan fingerprint density at radius 1 is 1.30 bits per heavy atom. The van der Waals surface area contributed by atoms with E-state index in [0.29, 0.717) is 13.2 Å². The van der Waals surface area contributed by atoms with Gasteiger partial charge >= 0.3 is 6.18 Å². The molecule has 2 N–H and O–H groups in total. The van der Waals surface area contributed by atoms with Crippen molar-refractivity contribution in [3.63, 3.8) is 0 Å². The normalized spacial score (nSPS) is 25.8. The van der Waals surface area contributed by atoms with Crippen LogP contribution in [0.4, 0.5) is 13.2 Å². The molecule has 1 spiro atoms. The molecule has 0 aliphatic carbocycles. The number of morpholine rings is 1. The molecule has 0 amide bonds. The largest absolute Gasteiger partial charge is 0.396 e. The number of alkyl halides is 3. The maximum Gasteiger partial charge on any atom is 0.394 e. The van der Waals surface area contributed by atoms with Gasteiger partial charge in [0.15, 0.2) is 0 Å². The van der Waals surface area contributed by atoms with E-state index in [2.05, 4.69) is 5.32 Å². The lowest BCUT2D eigenvalue weighted by Gasteiger charge is -2.44. The fourth-order valence-electron chi connectivity index (χ4n) is 2.91. The molecular weight excluding hydrogens is 273 g/mol. The van der Waals surface area contributed by atoms with E-state index in [1.54, 1.807) is 0 Å². The van der Waals surface area contributed by atoms with Crippen LogP contribution < -0.4 is 5.32 Å². The second kappa shape index (κ2) is 6.60. The Hall–Kier alpha value is -0.370. The summed E-state index contributed by atoms with van der Waals surface area (Å²) in [6, 6.07) is 0. The van der Waals surface area contributed by atoms with Crippen LogP contribution in [0.25, 0.3) is 0 Å². The molecule has 0 aromatic heterocycles. The number of aliphatic hydroxyl groups excluding tert-OH is 1. The lowest BCUT2D eigenvalue weighted by atomic mass is 9.89. The highest BCUT2D eigenvalue weighted by Gasteiger charge is 2.40. The summed E-state index contributed by atoms with van der Waals surface area (Å²) in [5.74, 6) is -1.61. The van der Waals surface area contributed by atoms with Crippen molar-refractivity contribution in [1.29, 1.82) is 0 Å². The Balaban J connectivity index is 1.74. The number of halogens is 3. The number of ether oxygens (including phenoxy) is 1. The van der Waals surface area contributed by atoms with Gasteiger partial charge < -0.3 is 20.1 Å². The Kier molecular flexibility index (Phi) is 5.28. The zero-order valence-corrected chi connectivity index (χ0v) is 11.6. The number of aliphatic hydroxyl groups is 1. The fourth-order valence-corrected chi connectivity index (χ4v) is 2.91. The third kappa shape index (κ3) is 4.07. The number of likely N-dealkylation sites (tertiary alicyclic amines) is 1. The molecule has 2 rings (SSSR count). The zero-order valence-electron chi connectivity index (χ0n) is 11.6. The molecule has 0 aromatic carbocycles. The lowest BCUT2D eigenvalue weighted by molar-refractivity contribution is -0.186. The second-order valence-corrected chi connectivity index (χ2v) is 5.76. The van der Waals surface area contributed by atoms with Gasteiger partial charge in [0.05, 0.1) is 24.7 Å². The van der Waals surface area contributed by atoms with Crippen LogP contribution in [0.3, 0.4) is 0 Å². The molecule has 2 saturated heterocycles. The number of rotatable bonds is 4. The summed E-state index contributed by atoms with van der Waals surface area (Å²) in [5.41, 5.74) is -0.116. The van der Waals surface area contributed by atoms with Crippen LogP contribution >= 0.6 is 0 Å². The summed E-state index contributed by atoms with van der Waals surface area (Å²) in [4.78, 5) is 2.04. The van der Waals surface area contributed by atoms with E-state index in [0.717, 1.165) is 39.0 Å². The van der Waals surface area contributed by atoms with Gasteiger partial charge in [-0.1, -0.05) is 0 Å². The number of nitrogens with zero attached hydrogens (tertiary/aromatic N) is 1. The standard InChI is InChI=1S/C13H23F3N2O2/c14-13(15,16)11(9-19)1-5-18-6-2-12(3-7-18)10-17-4-8-20-12/h11,17,19H,1-10H2/t11-/m1/s1. The van der Waals surface area contributed by atoms with E-state index in [1.807, 2.05) is 4.90 Å². The fraction of sp³-hybridized carbons (Fsp3) is 1.00. The van der Waals surface area contributed by atoms with Crippen molar-refractivity contribution in [2.75, 3.05) is 45.9 Å². The van der Waals surface area contributed by atoms with Gasteiger partial charge in [-0.15, -0.1) is 0 Å². The average molecular weight is 296 g/mol. The first-order chi connectivity index (χ1) is 9.45. The van der Waals surface area contributed by atoms with Crippen LogP contribution in [-0.4, -0.2) is 67.7 Å². The molecule has 118 valence electrons. The van der Waals surface area contributed by atoms with Gasteiger partial charge in [-0.05, 0) is 25.8 Å². The van der Waals surface area contributed by atoms with Crippen molar-refractivity contribution in [1.82, 2.24) is 10.2 Å². The van der Waals surface area contributed by atoms with Crippen LogP contribution in [0.5, 0.6) is 0 Å². The molecule has 4 nitrogen and oxygen atoms in total. The molecule has 0 aromatic rings. The van der Waals surface area contributed by atoms with Gasteiger partial charge in [0, 0.05) is 26.2 Å². The minimum Gasteiger partial charge on any atom is -0.396 e. The van der Waals surface area contributed by atoms with E-state index in [9.17, 15) is 13.2 Å². The van der Waals surface area contributed by atoms with Gasteiger partial charge in [-0.25, -0.2) is 0 Å². The van der Waals surface area contributed by atoms with Gasteiger partial charge in [0.25, 0.3) is 0 Å². The van der Waals surface area contributed by atoms with Crippen molar-refractivity contribution in [2.24, 2.45) is 5.92 Å². The molecule has 2 aliphatic rings. The Bertz CT molecular complexity index is 296. The molecule has 0 radical (unpaired) electrons. The predicted molar refractivity (Wildman–Crippen MR) is 68.5 cm³/mol. The van der Waals surface area contributed by atoms with E-state index < -0.39 is 18.7 Å². The Labute approximate surface area is 117 Å². The van der Waals surface area contributed by atoms with Crippen molar-refractivity contribution in [2.45, 2.75) is 31.0 Å². The average Bonchev–Trinajstić information content (AvgIpc) is 2.41. The molecule has 0 unspecified atom stereocenters. The van der Waals surface area contributed by atoms with Crippen LogP contribution in [0, 0.1) is 5.92 Å². The van der Waals surface area contributed by atoms with Crippen molar-refractivity contribution >= 4 is 0 Å². The first kappa shape index (κ1) is 16.0. The van der Waals surface area contributed by atoms with E-state index in [1.165, 1.54) is 0 Å². The molecule has 1 atom stereocenters. The molecule has 0 saturated carbocycles. The van der Waals surface area contributed by atoms with Crippen LogP contribution in [0.2, 0.25) is 0 Å². The minimum atomic E-state index is -4.30. The monoisotopic (exact) mass is 296 g/mol. The van der Waals surface area contributed by atoms with Gasteiger partial charge in [0.2, 0.25) is 0 Å². The van der Waals surface area contributed by atoms with E-state index >= 15 is 0 Å². The molecule has 20 heavy (non-hydrogen) atoms. The van der Waals surface area contributed by atoms with Crippen LogP contribution in [0.1, 0.15) is 19.3 Å². The lowest BCUT2D eigenvalue weighted by Crippen LogP contribution is -2.55. The number of hydrogen-bond acceptors (Lipinski definition) is 4. The smallest absolute Gasteiger partial charge is 0.394 e. The maximum atomic E-state index is 12.6.